The van der Waals surface area contributed by atoms with Crippen LogP contribution in [0.4, 0.5) is 4.79 Å². The topological polar surface area (TPSA) is 78.4 Å². The lowest BCUT2D eigenvalue weighted by Gasteiger charge is -2.28. The maximum Gasteiger partial charge on any atom is 0.329 e. The smallest absolute Gasteiger partial charge is 0.329 e. The van der Waals surface area contributed by atoms with E-state index in [-0.39, 0.29) is 0 Å². The zero-order valence-electron chi connectivity index (χ0n) is 11.0. The fraction of sp³-hybridized carbons (Fsp3) is 0.667. The number of amides is 2. The van der Waals surface area contributed by atoms with E-state index in [4.69, 9.17) is 5.11 Å². The minimum atomic E-state index is -1.17. The summed E-state index contributed by atoms with van der Waals surface area (Å²) in [5, 5.41) is 14.3. The van der Waals surface area contributed by atoms with E-state index in [0.717, 1.165) is 11.5 Å². The van der Waals surface area contributed by atoms with Gasteiger partial charge in [-0.1, -0.05) is 19.9 Å². The van der Waals surface area contributed by atoms with Crippen molar-refractivity contribution < 1.29 is 14.7 Å². The largest absolute Gasteiger partial charge is 0.480 e. The standard InChI is InChI=1S/C12H22N2O3S/c1-4-8-18-9-7-13-11(17)14-12(5-2,6-3)10(15)16/h4H,1,5-9H2,2-3H3,(H,15,16)(H2,13,14,17). The SMILES string of the molecule is C=CCSCCNC(=O)NC(CC)(CC)C(=O)O. The summed E-state index contributed by atoms with van der Waals surface area (Å²) in [5.74, 6) is 0.619. The molecule has 0 aromatic heterocycles. The third-order valence-electron chi connectivity index (χ3n) is 2.74. The Morgan fingerprint density at radius 2 is 2.00 bits per heavy atom. The normalized spacial score (nSPS) is 10.8. The highest BCUT2D eigenvalue weighted by Crippen LogP contribution is 2.15. The van der Waals surface area contributed by atoms with E-state index < -0.39 is 17.5 Å². The maximum atomic E-state index is 11.6. The maximum absolute atomic E-state index is 11.6. The number of urea groups is 1. The summed E-state index contributed by atoms with van der Waals surface area (Å²) >= 11 is 1.65. The molecule has 3 N–H and O–H groups in total. The van der Waals surface area contributed by atoms with Crippen molar-refractivity contribution in [1.29, 1.82) is 0 Å². The van der Waals surface area contributed by atoms with Crippen molar-refractivity contribution >= 4 is 23.8 Å². The summed E-state index contributed by atoms with van der Waals surface area (Å²) in [4.78, 5) is 22.8. The molecule has 0 heterocycles. The second-order valence-electron chi connectivity index (χ2n) is 3.84. The molecule has 2 amide bonds. The van der Waals surface area contributed by atoms with Gasteiger partial charge in [0.25, 0.3) is 0 Å². The van der Waals surface area contributed by atoms with Crippen LogP contribution in [0, 0.1) is 0 Å². The molecule has 0 aliphatic carbocycles. The molecule has 0 spiro atoms. The van der Waals surface area contributed by atoms with Crippen LogP contribution in [0.3, 0.4) is 0 Å². The molecule has 0 atom stereocenters. The number of hydrogen-bond acceptors (Lipinski definition) is 3. The monoisotopic (exact) mass is 274 g/mol. The summed E-state index contributed by atoms with van der Waals surface area (Å²) in [6.45, 7) is 7.60. The van der Waals surface area contributed by atoms with Crippen LogP contribution in [0.15, 0.2) is 12.7 Å². The summed E-state index contributed by atoms with van der Waals surface area (Å²) < 4.78 is 0. The van der Waals surface area contributed by atoms with Gasteiger partial charge in [0.2, 0.25) is 0 Å². The first-order valence-corrected chi connectivity index (χ1v) is 7.16. The van der Waals surface area contributed by atoms with Crippen molar-refractivity contribution in [2.24, 2.45) is 0 Å². The lowest BCUT2D eigenvalue weighted by Crippen LogP contribution is -2.56. The van der Waals surface area contributed by atoms with Crippen molar-refractivity contribution in [2.45, 2.75) is 32.2 Å². The molecule has 0 unspecified atom stereocenters. The molecule has 5 nitrogen and oxygen atoms in total. The molecular weight excluding hydrogens is 252 g/mol. The lowest BCUT2D eigenvalue weighted by atomic mass is 9.93. The second kappa shape index (κ2) is 8.85. The van der Waals surface area contributed by atoms with Gasteiger partial charge in [0.15, 0.2) is 0 Å². The van der Waals surface area contributed by atoms with E-state index in [0.29, 0.717) is 19.4 Å². The van der Waals surface area contributed by atoms with Crippen LogP contribution in [-0.2, 0) is 4.79 Å². The Morgan fingerprint density at radius 1 is 1.39 bits per heavy atom. The number of thioether (sulfide) groups is 1. The number of aliphatic carboxylic acids is 1. The van der Waals surface area contributed by atoms with Crippen LogP contribution >= 0.6 is 11.8 Å². The quantitative estimate of drug-likeness (QED) is 0.443. The molecule has 0 saturated heterocycles. The van der Waals surface area contributed by atoms with Gasteiger partial charge in [-0.3, -0.25) is 0 Å². The van der Waals surface area contributed by atoms with E-state index >= 15 is 0 Å². The van der Waals surface area contributed by atoms with E-state index in [9.17, 15) is 9.59 Å². The van der Waals surface area contributed by atoms with Crippen LogP contribution in [-0.4, -0.2) is 40.7 Å². The summed E-state index contributed by atoms with van der Waals surface area (Å²) in [6.07, 6.45) is 2.52. The Kier molecular flexibility index (Phi) is 8.28. The molecule has 6 heteroatoms. The zero-order chi connectivity index (χ0) is 14.0. The van der Waals surface area contributed by atoms with Crippen molar-refractivity contribution in [2.75, 3.05) is 18.1 Å². The van der Waals surface area contributed by atoms with E-state index in [2.05, 4.69) is 17.2 Å². The molecule has 0 aliphatic rings. The molecule has 0 aromatic rings. The van der Waals surface area contributed by atoms with Gasteiger partial charge in [-0.2, -0.15) is 11.8 Å². The Balaban J connectivity index is 4.11. The van der Waals surface area contributed by atoms with E-state index in [1.807, 2.05) is 0 Å². The van der Waals surface area contributed by atoms with Crippen LogP contribution in [0.5, 0.6) is 0 Å². The molecule has 0 rings (SSSR count). The predicted octanol–water partition coefficient (Wildman–Crippen LogP) is 1.85. The minimum absolute atomic E-state index is 0.359. The van der Waals surface area contributed by atoms with E-state index in [1.165, 1.54) is 0 Å². The van der Waals surface area contributed by atoms with Gasteiger partial charge in [0.05, 0.1) is 0 Å². The van der Waals surface area contributed by atoms with Crippen LogP contribution in [0.25, 0.3) is 0 Å². The average molecular weight is 274 g/mol. The Morgan fingerprint density at radius 3 is 2.44 bits per heavy atom. The first-order chi connectivity index (χ1) is 8.52. The third-order valence-corrected chi connectivity index (χ3v) is 3.70. The minimum Gasteiger partial charge on any atom is -0.480 e. The summed E-state index contributed by atoms with van der Waals surface area (Å²) in [5.41, 5.74) is -1.17. The lowest BCUT2D eigenvalue weighted by molar-refractivity contribution is -0.144. The molecular formula is C12H22N2O3S. The Labute approximate surface area is 112 Å². The van der Waals surface area contributed by atoms with Gasteiger partial charge in [0, 0.05) is 18.1 Å². The molecule has 0 radical (unpaired) electrons. The Bertz CT molecular complexity index is 291. The van der Waals surface area contributed by atoms with Crippen molar-refractivity contribution in [3.05, 3.63) is 12.7 Å². The van der Waals surface area contributed by atoms with Gasteiger partial charge in [-0.25, -0.2) is 9.59 Å². The van der Waals surface area contributed by atoms with Gasteiger partial charge in [-0.15, -0.1) is 6.58 Å². The highest BCUT2D eigenvalue weighted by atomic mass is 32.2. The van der Waals surface area contributed by atoms with Crippen LogP contribution < -0.4 is 10.6 Å². The second-order valence-corrected chi connectivity index (χ2v) is 4.99. The number of carboxylic acids is 1. The fourth-order valence-corrected chi connectivity index (χ4v) is 2.03. The average Bonchev–Trinajstić information content (AvgIpc) is 2.35. The highest BCUT2D eigenvalue weighted by Gasteiger charge is 2.36. The molecule has 104 valence electrons. The summed E-state index contributed by atoms with van der Waals surface area (Å²) in [7, 11) is 0. The van der Waals surface area contributed by atoms with E-state index in [1.54, 1.807) is 31.7 Å². The van der Waals surface area contributed by atoms with Crippen molar-refractivity contribution in [3.8, 4) is 0 Å². The number of carbonyl (C=O) groups is 2. The molecule has 18 heavy (non-hydrogen) atoms. The van der Waals surface area contributed by atoms with Crippen molar-refractivity contribution in [1.82, 2.24) is 10.6 Å². The number of carbonyl (C=O) groups excluding carboxylic acids is 1. The number of carboxylic acid groups (broad SMARTS) is 1. The van der Waals surface area contributed by atoms with Gasteiger partial charge in [0.1, 0.15) is 5.54 Å². The highest BCUT2D eigenvalue weighted by molar-refractivity contribution is 7.99. The zero-order valence-corrected chi connectivity index (χ0v) is 11.8. The third kappa shape index (κ3) is 5.44. The van der Waals surface area contributed by atoms with Crippen LogP contribution in [0.2, 0.25) is 0 Å². The molecule has 0 fully saturated rings. The molecule has 0 saturated carbocycles. The van der Waals surface area contributed by atoms with Gasteiger partial charge in [-0.05, 0) is 12.8 Å². The molecule has 0 aliphatic heterocycles. The number of nitrogens with one attached hydrogen (secondary N) is 2. The number of hydrogen-bond donors (Lipinski definition) is 3. The van der Waals surface area contributed by atoms with Gasteiger partial charge < -0.3 is 15.7 Å². The Hall–Kier alpha value is -1.17. The van der Waals surface area contributed by atoms with Crippen LogP contribution in [0.1, 0.15) is 26.7 Å². The van der Waals surface area contributed by atoms with Crippen molar-refractivity contribution in [3.63, 3.8) is 0 Å². The predicted molar refractivity (Wildman–Crippen MR) is 75.0 cm³/mol. The first-order valence-electron chi connectivity index (χ1n) is 6.00. The first kappa shape index (κ1) is 16.8. The molecule has 0 aromatic carbocycles. The molecule has 0 bridgehead atoms. The van der Waals surface area contributed by atoms with Gasteiger partial charge >= 0.3 is 12.0 Å². The summed E-state index contributed by atoms with van der Waals surface area (Å²) in [6, 6.07) is -0.430. The number of rotatable bonds is 9. The fourth-order valence-electron chi connectivity index (χ4n) is 1.45.